The van der Waals surface area contributed by atoms with Gasteiger partial charge in [0.2, 0.25) is 0 Å². The van der Waals surface area contributed by atoms with Crippen molar-refractivity contribution in [3.63, 3.8) is 0 Å². The van der Waals surface area contributed by atoms with Gasteiger partial charge in [-0.1, -0.05) is 12.1 Å². The Hall–Kier alpha value is -1.40. The van der Waals surface area contributed by atoms with E-state index in [-0.39, 0.29) is 5.25 Å². The van der Waals surface area contributed by atoms with E-state index >= 15 is 0 Å². The van der Waals surface area contributed by atoms with Crippen LogP contribution >= 0.6 is 0 Å². The molecule has 3 heterocycles. The second-order valence-corrected chi connectivity index (χ2v) is 9.68. The summed E-state index contributed by atoms with van der Waals surface area (Å²) in [6.07, 6.45) is 4.94. The quantitative estimate of drug-likeness (QED) is 0.922. The highest BCUT2D eigenvalue weighted by Gasteiger charge is 2.33. The lowest BCUT2D eigenvalue weighted by atomic mass is 9.93. The van der Waals surface area contributed by atoms with Crippen LogP contribution in [0.3, 0.4) is 0 Å². The van der Waals surface area contributed by atoms with Crippen molar-refractivity contribution >= 4 is 20.9 Å². The molecule has 2 saturated heterocycles. The molecule has 0 amide bonds. The fourth-order valence-corrected chi connectivity index (χ4v) is 5.97. The Labute approximate surface area is 143 Å². The molecule has 4 rings (SSSR count). The molecule has 0 bridgehead atoms. The van der Waals surface area contributed by atoms with Crippen molar-refractivity contribution in [2.45, 2.75) is 37.4 Å². The van der Waals surface area contributed by atoms with E-state index in [4.69, 9.17) is 0 Å². The minimum Gasteiger partial charge on any atom is -0.342 e. The first kappa shape index (κ1) is 16.1. The molecule has 2 aromatic rings. The molecule has 2 aliphatic heterocycles. The molecule has 1 aromatic heterocycles. The predicted molar refractivity (Wildman–Crippen MR) is 95.8 cm³/mol. The van der Waals surface area contributed by atoms with Gasteiger partial charge in [0, 0.05) is 13.0 Å². The van der Waals surface area contributed by atoms with Gasteiger partial charge in [0.25, 0.3) is 0 Å². The lowest BCUT2D eigenvalue weighted by Gasteiger charge is -2.33. The number of sulfone groups is 1. The highest BCUT2D eigenvalue weighted by Crippen LogP contribution is 2.25. The number of fused-ring (bicyclic) bond motifs is 1. The van der Waals surface area contributed by atoms with E-state index in [2.05, 4.69) is 20.9 Å². The van der Waals surface area contributed by atoms with Gasteiger partial charge in [-0.15, -0.1) is 0 Å². The molecular weight excluding hydrogens is 322 g/mol. The molecule has 6 heteroatoms. The standard InChI is InChI=1S/C18H25N3O2S/c22-24(23)11-3-4-15(24)13-21-9-7-14(8-10-21)12-18-19-16-5-1-2-6-17(16)20-18/h1-2,5-6,14-15H,3-4,7-13H2,(H,19,20). The Morgan fingerprint density at radius 2 is 1.96 bits per heavy atom. The van der Waals surface area contributed by atoms with Crippen LogP contribution in [0.25, 0.3) is 11.0 Å². The number of hydrogen-bond acceptors (Lipinski definition) is 4. The maximum absolute atomic E-state index is 12.0. The van der Waals surface area contributed by atoms with Gasteiger partial charge >= 0.3 is 0 Å². The highest BCUT2D eigenvalue weighted by atomic mass is 32.2. The molecule has 2 aliphatic rings. The average molecular weight is 347 g/mol. The molecule has 1 atom stereocenters. The minimum atomic E-state index is -2.82. The van der Waals surface area contributed by atoms with E-state index < -0.39 is 9.84 Å². The zero-order chi connectivity index (χ0) is 16.6. The molecular formula is C18H25N3O2S. The van der Waals surface area contributed by atoms with Crippen LogP contribution in [0.15, 0.2) is 24.3 Å². The normalized spacial score (nSPS) is 25.4. The number of hydrogen-bond donors (Lipinski definition) is 1. The summed E-state index contributed by atoms with van der Waals surface area (Å²) in [6.45, 7) is 2.76. The third-order valence-electron chi connectivity index (χ3n) is 5.55. The van der Waals surface area contributed by atoms with Crippen molar-refractivity contribution in [1.29, 1.82) is 0 Å². The summed E-state index contributed by atoms with van der Waals surface area (Å²) in [4.78, 5) is 10.4. The summed E-state index contributed by atoms with van der Waals surface area (Å²) in [6, 6.07) is 8.15. The summed E-state index contributed by atoms with van der Waals surface area (Å²) >= 11 is 0. The summed E-state index contributed by atoms with van der Waals surface area (Å²) in [5, 5.41) is -0.121. The minimum absolute atomic E-state index is 0.121. The van der Waals surface area contributed by atoms with Gasteiger partial charge in [-0.2, -0.15) is 0 Å². The molecule has 2 fully saturated rings. The zero-order valence-corrected chi connectivity index (χ0v) is 14.8. The van der Waals surface area contributed by atoms with Crippen LogP contribution in [0.2, 0.25) is 0 Å². The van der Waals surface area contributed by atoms with E-state index in [1.165, 1.54) is 0 Å². The van der Waals surface area contributed by atoms with Crippen LogP contribution in [0.1, 0.15) is 31.5 Å². The monoisotopic (exact) mass is 347 g/mol. The number of aromatic amines is 1. The Morgan fingerprint density at radius 1 is 1.17 bits per heavy atom. The van der Waals surface area contributed by atoms with Crippen LogP contribution < -0.4 is 0 Å². The van der Waals surface area contributed by atoms with Gasteiger partial charge in [0.15, 0.2) is 9.84 Å². The predicted octanol–water partition coefficient (Wildman–Crippen LogP) is 2.39. The number of para-hydroxylation sites is 2. The van der Waals surface area contributed by atoms with E-state index in [0.717, 1.165) is 68.6 Å². The van der Waals surface area contributed by atoms with Crippen molar-refractivity contribution in [3.8, 4) is 0 Å². The van der Waals surface area contributed by atoms with E-state index in [0.29, 0.717) is 11.7 Å². The smallest absolute Gasteiger partial charge is 0.154 e. The number of nitrogens with one attached hydrogen (secondary N) is 1. The van der Waals surface area contributed by atoms with Gasteiger partial charge in [-0.05, 0) is 56.8 Å². The molecule has 1 unspecified atom stereocenters. The van der Waals surface area contributed by atoms with Crippen LogP contribution in [-0.4, -0.2) is 53.9 Å². The van der Waals surface area contributed by atoms with E-state index in [9.17, 15) is 8.42 Å². The number of piperidine rings is 1. The first-order valence-corrected chi connectivity index (χ1v) is 10.7. The number of imidazole rings is 1. The summed E-state index contributed by atoms with van der Waals surface area (Å²) < 4.78 is 24.0. The van der Waals surface area contributed by atoms with Gasteiger partial charge in [0.1, 0.15) is 5.82 Å². The molecule has 0 saturated carbocycles. The third-order valence-corrected chi connectivity index (χ3v) is 7.81. The number of likely N-dealkylation sites (tertiary alicyclic amines) is 1. The number of nitrogens with zero attached hydrogens (tertiary/aromatic N) is 2. The fourth-order valence-electron chi connectivity index (χ4n) is 4.10. The lowest BCUT2D eigenvalue weighted by molar-refractivity contribution is 0.182. The molecule has 130 valence electrons. The summed E-state index contributed by atoms with van der Waals surface area (Å²) in [7, 11) is -2.82. The maximum Gasteiger partial charge on any atom is 0.154 e. The Morgan fingerprint density at radius 3 is 2.67 bits per heavy atom. The molecule has 0 radical (unpaired) electrons. The van der Waals surface area contributed by atoms with Crippen molar-refractivity contribution in [1.82, 2.24) is 14.9 Å². The first-order valence-electron chi connectivity index (χ1n) is 8.98. The molecule has 1 aromatic carbocycles. The Bertz CT molecular complexity index is 774. The zero-order valence-electron chi connectivity index (χ0n) is 13.9. The van der Waals surface area contributed by atoms with Gasteiger partial charge in [-0.25, -0.2) is 13.4 Å². The number of rotatable bonds is 4. The summed E-state index contributed by atoms with van der Waals surface area (Å²) in [5.41, 5.74) is 2.15. The number of H-pyrrole nitrogens is 1. The van der Waals surface area contributed by atoms with Crippen molar-refractivity contribution < 1.29 is 8.42 Å². The van der Waals surface area contributed by atoms with Gasteiger partial charge in [0.05, 0.1) is 22.0 Å². The first-order chi connectivity index (χ1) is 11.6. The van der Waals surface area contributed by atoms with Gasteiger partial charge in [-0.3, -0.25) is 0 Å². The number of benzene rings is 1. The topological polar surface area (TPSA) is 66.1 Å². The van der Waals surface area contributed by atoms with Crippen LogP contribution in [-0.2, 0) is 16.3 Å². The molecule has 1 N–H and O–H groups in total. The van der Waals surface area contributed by atoms with Crippen LogP contribution in [0, 0.1) is 5.92 Å². The molecule has 24 heavy (non-hydrogen) atoms. The van der Waals surface area contributed by atoms with Crippen LogP contribution in [0.5, 0.6) is 0 Å². The second-order valence-electron chi connectivity index (χ2n) is 7.28. The third kappa shape index (κ3) is 3.35. The van der Waals surface area contributed by atoms with Crippen molar-refractivity contribution in [2.75, 3.05) is 25.4 Å². The fraction of sp³-hybridized carbons (Fsp3) is 0.611. The van der Waals surface area contributed by atoms with Crippen molar-refractivity contribution in [3.05, 3.63) is 30.1 Å². The number of aromatic nitrogens is 2. The van der Waals surface area contributed by atoms with E-state index in [1.807, 2.05) is 18.2 Å². The molecule has 5 nitrogen and oxygen atoms in total. The SMILES string of the molecule is O=S1(=O)CCCC1CN1CCC(Cc2nc3ccccc3[nH]2)CC1. The molecule has 0 aliphatic carbocycles. The van der Waals surface area contributed by atoms with E-state index in [1.54, 1.807) is 0 Å². The largest absolute Gasteiger partial charge is 0.342 e. The average Bonchev–Trinajstić information content (AvgIpc) is 3.12. The second kappa shape index (κ2) is 6.48. The van der Waals surface area contributed by atoms with Gasteiger partial charge < -0.3 is 9.88 Å². The maximum atomic E-state index is 12.0. The molecule has 0 spiro atoms. The summed E-state index contributed by atoms with van der Waals surface area (Å²) in [5.74, 6) is 2.11. The highest BCUT2D eigenvalue weighted by molar-refractivity contribution is 7.92. The van der Waals surface area contributed by atoms with Crippen LogP contribution in [0.4, 0.5) is 0 Å². The Balaban J connectivity index is 1.31. The lowest BCUT2D eigenvalue weighted by Crippen LogP contribution is -2.40. The Kier molecular flexibility index (Phi) is 4.35. The van der Waals surface area contributed by atoms with Crippen molar-refractivity contribution in [2.24, 2.45) is 5.92 Å².